The van der Waals surface area contributed by atoms with Gasteiger partial charge in [-0.3, -0.25) is 0 Å². The summed E-state index contributed by atoms with van der Waals surface area (Å²) in [5, 5.41) is 3.56. The minimum Gasteiger partial charge on any atom is -0.462 e. The van der Waals surface area contributed by atoms with E-state index in [1.165, 1.54) is 0 Å². The zero-order chi connectivity index (χ0) is 7.82. The smallest absolute Gasteiger partial charge is 0.351 e. The molecule has 1 N–H and O–H groups in total. The predicted octanol–water partition coefficient (Wildman–Crippen LogP) is 0.145. The van der Waals surface area contributed by atoms with Gasteiger partial charge in [-0.25, -0.2) is 4.79 Å². The highest BCUT2D eigenvalue weighted by molar-refractivity contribution is 6.23. The van der Waals surface area contributed by atoms with Gasteiger partial charge >= 0.3 is 5.97 Å². The Morgan fingerprint density at radius 3 is 2.90 bits per heavy atom. The second kappa shape index (κ2) is 6.07. The van der Waals surface area contributed by atoms with Gasteiger partial charge in [-0.1, -0.05) is 0 Å². The molecule has 0 amide bonds. The second-order valence-electron chi connectivity index (χ2n) is 1.52. The molecular weight excluding hydrogens is 132 g/mol. The van der Waals surface area contributed by atoms with Crippen LogP contribution < -0.4 is 5.43 Å². The van der Waals surface area contributed by atoms with Crippen molar-refractivity contribution in [2.24, 2.45) is 5.10 Å². The first kappa shape index (κ1) is 8.94. The highest BCUT2D eigenvalue weighted by Gasteiger charge is 1.91. The summed E-state index contributed by atoms with van der Waals surface area (Å²) in [4.78, 5) is 10.5. The quantitative estimate of drug-likeness (QED) is 0.347. The van der Waals surface area contributed by atoms with Crippen LogP contribution in [0.2, 0.25) is 0 Å². The average Bonchev–Trinajstić information content (AvgIpc) is 1.89. The van der Waals surface area contributed by atoms with Crippen LogP contribution in [0.1, 0.15) is 13.8 Å². The van der Waals surface area contributed by atoms with Crippen LogP contribution in [0.4, 0.5) is 0 Å². The van der Waals surface area contributed by atoms with Gasteiger partial charge in [0, 0.05) is 6.54 Å². The molecule has 0 aromatic heterocycles. The van der Waals surface area contributed by atoms with E-state index in [2.05, 4.69) is 15.3 Å². The van der Waals surface area contributed by atoms with Crippen LogP contribution in [0.25, 0.3) is 0 Å². The first-order valence-corrected chi connectivity index (χ1v) is 3.24. The second-order valence-corrected chi connectivity index (χ2v) is 1.52. The zero-order valence-corrected chi connectivity index (χ0v) is 6.26. The molecule has 0 aliphatic carbocycles. The van der Waals surface area contributed by atoms with Crippen LogP contribution in [-0.4, -0.2) is 25.3 Å². The third-order valence-electron chi connectivity index (χ3n) is 0.706. The van der Waals surface area contributed by atoms with Crippen molar-refractivity contribution in [1.29, 1.82) is 0 Å². The van der Waals surface area contributed by atoms with Crippen molar-refractivity contribution < 1.29 is 9.53 Å². The van der Waals surface area contributed by atoms with Gasteiger partial charge in [-0.05, 0) is 13.8 Å². The Hall–Kier alpha value is -1.06. The summed E-state index contributed by atoms with van der Waals surface area (Å²) in [5.74, 6) is -0.413. The third-order valence-corrected chi connectivity index (χ3v) is 0.706. The van der Waals surface area contributed by atoms with Crippen molar-refractivity contribution in [3.63, 3.8) is 0 Å². The highest BCUT2D eigenvalue weighted by Crippen LogP contribution is 1.71. The minimum atomic E-state index is -0.413. The van der Waals surface area contributed by atoms with Crippen LogP contribution >= 0.6 is 0 Å². The Kier molecular flexibility index (Phi) is 5.42. The van der Waals surface area contributed by atoms with E-state index >= 15 is 0 Å². The lowest BCUT2D eigenvalue weighted by Crippen LogP contribution is -2.10. The number of rotatable bonds is 4. The summed E-state index contributed by atoms with van der Waals surface area (Å²) in [7, 11) is 0. The van der Waals surface area contributed by atoms with Gasteiger partial charge in [0.15, 0.2) is 0 Å². The summed E-state index contributed by atoms with van der Waals surface area (Å²) >= 11 is 0. The number of hydrogen-bond donors (Lipinski definition) is 1. The molecule has 0 rings (SSSR count). The van der Waals surface area contributed by atoms with E-state index in [9.17, 15) is 4.79 Å². The summed E-state index contributed by atoms with van der Waals surface area (Å²) in [6.45, 7) is 4.73. The van der Waals surface area contributed by atoms with Crippen molar-refractivity contribution in [2.45, 2.75) is 13.8 Å². The van der Waals surface area contributed by atoms with Crippen LogP contribution in [-0.2, 0) is 9.53 Å². The van der Waals surface area contributed by atoms with Crippen LogP contribution in [0.15, 0.2) is 5.10 Å². The summed E-state index contributed by atoms with van der Waals surface area (Å²) in [6.07, 6.45) is 1.12. The van der Waals surface area contributed by atoms with Gasteiger partial charge in [0.25, 0.3) is 0 Å². The van der Waals surface area contributed by atoms with E-state index < -0.39 is 5.97 Å². The number of nitrogens with zero attached hydrogens (tertiary/aromatic N) is 1. The topological polar surface area (TPSA) is 50.7 Å². The lowest BCUT2D eigenvalue weighted by atomic mass is 10.7. The van der Waals surface area contributed by atoms with E-state index in [1.54, 1.807) is 6.92 Å². The molecule has 0 aliphatic rings. The molecule has 0 fully saturated rings. The molecule has 0 unspecified atom stereocenters. The van der Waals surface area contributed by atoms with Gasteiger partial charge in [-0.15, -0.1) is 0 Å². The monoisotopic (exact) mass is 144 g/mol. The maximum Gasteiger partial charge on any atom is 0.351 e. The van der Waals surface area contributed by atoms with E-state index in [0.717, 1.165) is 6.21 Å². The molecule has 0 saturated heterocycles. The normalized spacial score (nSPS) is 9.80. The van der Waals surface area contributed by atoms with E-state index in [4.69, 9.17) is 0 Å². The molecule has 58 valence electrons. The van der Waals surface area contributed by atoms with Crippen molar-refractivity contribution in [2.75, 3.05) is 13.2 Å². The molecule has 0 aromatic carbocycles. The molecule has 0 atom stereocenters. The van der Waals surface area contributed by atoms with Gasteiger partial charge in [0.2, 0.25) is 0 Å². The Morgan fingerprint density at radius 1 is 1.70 bits per heavy atom. The lowest BCUT2D eigenvalue weighted by molar-refractivity contribution is -0.134. The Morgan fingerprint density at radius 2 is 2.40 bits per heavy atom. The third kappa shape index (κ3) is 5.08. The van der Waals surface area contributed by atoms with Crippen molar-refractivity contribution in [3.8, 4) is 0 Å². The average molecular weight is 144 g/mol. The predicted molar refractivity (Wildman–Crippen MR) is 38.8 cm³/mol. The molecule has 0 aromatic rings. The molecule has 4 nitrogen and oxygen atoms in total. The number of hydrazone groups is 1. The fourth-order valence-corrected chi connectivity index (χ4v) is 0.369. The number of hydrogen-bond acceptors (Lipinski definition) is 4. The van der Waals surface area contributed by atoms with E-state index in [-0.39, 0.29) is 0 Å². The molecule has 0 radical (unpaired) electrons. The molecular formula is C6H12N2O2. The van der Waals surface area contributed by atoms with Gasteiger partial charge in [0.05, 0.1) is 6.61 Å². The van der Waals surface area contributed by atoms with Crippen LogP contribution in [0, 0.1) is 0 Å². The fourth-order valence-electron chi connectivity index (χ4n) is 0.369. The zero-order valence-electron chi connectivity index (χ0n) is 6.26. The Bertz CT molecular complexity index is 123. The van der Waals surface area contributed by atoms with Crippen LogP contribution in [0.5, 0.6) is 0 Å². The summed E-state index contributed by atoms with van der Waals surface area (Å²) in [6, 6.07) is 0. The largest absolute Gasteiger partial charge is 0.462 e. The first-order valence-electron chi connectivity index (χ1n) is 3.24. The first-order chi connectivity index (χ1) is 4.81. The number of carbonyl (C=O) groups excluding carboxylic acids is 1. The van der Waals surface area contributed by atoms with Crippen molar-refractivity contribution in [1.82, 2.24) is 5.43 Å². The Labute approximate surface area is 60.3 Å². The maximum atomic E-state index is 10.5. The van der Waals surface area contributed by atoms with Gasteiger partial charge < -0.3 is 10.2 Å². The Balaban J connectivity index is 3.36. The van der Waals surface area contributed by atoms with Crippen molar-refractivity contribution in [3.05, 3.63) is 0 Å². The van der Waals surface area contributed by atoms with Crippen LogP contribution in [0.3, 0.4) is 0 Å². The molecule has 0 aliphatic heterocycles. The maximum absolute atomic E-state index is 10.5. The molecule has 10 heavy (non-hydrogen) atoms. The summed E-state index contributed by atoms with van der Waals surface area (Å²) in [5.41, 5.74) is 2.61. The highest BCUT2D eigenvalue weighted by atomic mass is 16.5. The van der Waals surface area contributed by atoms with E-state index in [1.807, 2.05) is 6.92 Å². The molecule has 0 saturated carbocycles. The van der Waals surface area contributed by atoms with E-state index in [0.29, 0.717) is 13.2 Å². The fraction of sp³-hybridized carbons (Fsp3) is 0.667. The molecule has 4 heteroatoms. The minimum absolute atomic E-state index is 0.386. The number of nitrogens with one attached hydrogen (secondary N) is 1. The van der Waals surface area contributed by atoms with Crippen molar-refractivity contribution >= 4 is 12.2 Å². The SMILES string of the molecule is CCNN=CC(=O)OCC. The molecule has 0 spiro atoms. The van der Waals surface area contributed by atoms with Gasteiger partial charge in [0.1, 0.15) is 6.21 Å². The lowest BCUT2D eigenvalue weighted by Gasteiger charge is -1.93. The summed E-state index contributed by atoms with van der Waals surface area (Å²) < 4.78 is 4.56. The number of esters is 1. The molecule has 0 heterocycles. The number of ether oxygens (including phenoxy) is 1. The number of carbonyl (C=O) groups is 1. The standard InChI is InChI=1S/C6H12N2O2/c1-3-7-8-5-6(9)10-4-2/h5,7H,3-4H2,1-2H3. The van der Waals surface area contributed by atoms with Gasteiger partial charge in [-0.2, -0.15) is 5.10 Å². The molecule has 0 bridgehead atoms.